The third kappa shape index (κ3) is 3.90. The fourth-order valence-corrected chi connectivity index (χ4v) is 2.97. The summed E-state index contributed by atoms with van der Waals surface area (Å²) in [6.45, 7) is 6.80. The van der Waals surface area contributed by atoms with Crippen LogP contribution in [-0.4, -0.2) is 36.1 Å². The lowest BCUT2D eigenvalue weighted by molar-refractivity contribution is -0.139. The number of carbonyl (C=O) groups excluding carboxylic acids is 1. The number of hydrogen-bond acceptors (Lipinski definition) is 3. The second kappa shape index (κ2) is 7.34. The first-order valence-corrected chi connectivity index (χ1v) is 7.79. The van der Waals surface area contributed by atoms with Crippen LogP contribution in [0, 0.1) is 0 Å². The van der Waals surface area contributed by atoms with Crippen molar-refractivity contribution in [3.8, 4) is 11.5 Å². The van der Waals surface area contributed by atoms with Crippen LogP contribution in [0.3, 0.4) is 0 Å². The van der Waals surface area contributed by atoms with Gasteiger partial charge >= 0.3 is 0 Å². The smallest absolute Gasteiger partial charge is 0.260 e. The number of nitrogens with zero attached hydrogens (tertiary/aromatic N) is 1. The summed E-state index contributed by atoms with van der Waals surface area (Å²) in [6, 6.07) is 8.07. The SMILES string of the molecule is CCOc1ccccc1OCC(=O)N1C(C)CCCC1C. The van der Waals surface area contributed by atoms with Crippen molar-refractivity contribution in [3.63, 3.8) is 0 Å². The van der Waals surface area contributed by atoms with Crippen LogP contribution in [0.15, 0.2) is 24.3 Å². The summed E-state index contributed by atoms with van der Waals surface area (Å²) in [5, 5.41) is 0. The van der Waals surface area contributed by atoms with E-state index in [9.17, 15) is 4.79 Å². The van der Waals surface area contributed by atoms with Crippen molar-refractivity contribution in [1.82, 2.24) is 4.90 Å². The standard InChI is InChI=1S/C17H25NO3/c1-4-20-15-10-5-6-11-16(15)21-12-17(19)18-13(2)8-7-9-14(18)3/h5-6,10-11,13-14H,4,7-9,12H2,1-3H3. The van der Waals surface area contributed by atoms with E-state index in [-0.39, 0.29) is 12.5 Å². The van der Waals surface area contributed by atoms with Gasteiger partial charge in [0.1, 0.15) is 0 Å². The maximum atomic E-state index is 12.4. The van der Waals surface area contributed by atoms with Gasteiger partial charge in [-0.15, -0.1) is 0 Å². The lowest BCUT2D eigenvalue weighted by atomic mass is 9.97. The highest BCUT2D eigenvalue weighted by atomic mass is 16.5. The highest BCUT2D eigenvalue weighted by molar-refractivity contribution is 5.78. The number of hydrogen-bond donors (Lipinski definition) is 0. The molecule has 0 radical (unpaired) electrons. The summed E-state index contributed by atoms with van der Waals surface area (Å²) >= 11 is 0. The molecular weight excluding hydrogens is 266 g/mol. The number of amides is 1. The molecule has 1 amide bonds. The number of likely N-dealkylation sites (tertiary alicyclic amines) is 1. The van der Waals surface area contributed by atoms with Crippen molar-refractivity contribution in [2.75, 3.05) is 13.2 Å². The largest absolute Gasteiger partial charge is 0.490 e. The van der Waals surface area contributed by atoms with Gasteiger partial charge in [0.2, 0.25) is 0 Å². The number of para-hydroxylation sites is 2. The van der Waals surface area contributed by atoms with Gasteiger partial charge < -0.3 is 14.4 Å². The summed E-state index contributed by atoms with van der Waals surface area (Å²) in [4.78, 5) is 14.4. The lowest BCUT2D eigenvalue weighted by Gasteiger charge is -2.39. The molecule has 0 aromatic heterocycles. The monoisotopic (exact) mass is 291 g/mol. The average Bonchev–Trinajstić information content (AvgIpc) is 2.46. The lowest BCUT2D eigenvalue weighted by Crippen LogP contribution is -2.49. The van der Waals surface area contributed by atoms with Crippen molar-refractivity contribution in [1.29, 1.82) is 0 Å². The van der Waals surface area contributed by atoms with E-state index in [2.05, 4.69) is 13.8 Å². The Morgan fingerprint density at radius 3 is 2.29 bits per heavy atom. The highest BCUT2D eigenvalue weighted by Crippen LogP contribution is 2.27. The van der Waals surface area contributed by atoms with Crippen LogP contribution < -0.4 is 9.47 Å². The Morgan fingerprint density at radius 1 is 1.14 bits per heavy atom. The number of piperidine rings is 1. The first kappa shape index (κ1) is 15.7. The Hall–Kier alpha value is -1.71. The summed E-state index contributed by atoms with van der Waals surface area (Å²) in [6.07, 6.45) is 3.34. The summed E-state index contributed by atoms with van der Waals surface area (Å²) in [5.41, 5.74) is 0. The summed E-state index contributed by atoms with van der Waals surface area (Å²) in [7, 11) is 0. The zero-order chi connectivity index (χ0) is 15.2. The highest BCUT2D eigenvalue weighted by Gasteiger charge is 2.29. The van der Waals surface area contributed by atoms with Crippen LogP contribution in [0.25, 0.3) is 0 Å². The minimum absolute atomic E-state index is 0.0565. The molecule has 1 aromatic carbocycles. The molecular formula is C17H25NO3. The summed E-state index contributed by atoms with van der Waals surface area (Å²) in [5.74, 6) is 1.37. The molecule has 0 aliphatic carbocycles. The third-order valence-corrected chi connectivity index (χ3v) is 3.98. The van der Waals surface area contributed by atoms with Gasteiger partial charge in [-0.2, -0.15) is 0 Å². The Labute approximate surface area is 127 Å². The molecule has 21 heavy (non-hydrogen) atoms. The van der Waals surface area contributed by atoms with E-state index in [1.165, 1.54) is 6.42 Å². The molecule has 1 aromatic rings. The molecule has 1 heterocycles. The maximum Gasteiger partial charge on any atom is 0.260 e. The van der Waals surface area contributed by atoms with Crippen molar-refractivity contribution >= 4 is 5.91 Å². The molecule has 1 saturated heterocycles. The molecule has 1 aliphatic rings. The van der Waals surface area contributed by atoms with Crippen LogP contribution in [0.4, 0.5) is 0 Å². The predicted molar refractivity (Wildman–Crippen MR) is 82.7 cm³/mol. The number of ether oxygens (including phenoxy) is 2. The van der Waals surface area contributed by atoms with Gasteiger partial charge in [0.15, 0.2) is 18.1 Å². The van der Waals surface area contributed by atoms with E-state index >= 15 is 0 Å². The Balaban J connectivity index is 1.97. The fraction of sp³-hybridized carbons (Fsp3) is 0.588. The van der Waals surface area contributed by atoms with E-state index in [0.717, 1.165) is 12.8 Å². The molecule has 0 N–H and O–H groups in total. The number of carbonyl (C=O) groups is 1. The van der Waals surface area contributed by atoms with Crippen LogP contribution in [0.5, 0.6) is 11.5 Å². The molecule has 1 fully saturated rings. The van der Waals surface area contributed by atoms with Gasteiger partial charge in [0.05, 0.1) is 6.61 Å². The van der Waals surface area contributed by atoms with E-state index in [1.54, 1.807) is 0 Å². The predicted octanol–water partition coefficient (Wildman–Crippen LogP) is 3.25. The first-order valence-electron chi connectivity index (χ1n) is 7.79. The molecule has 1 aliphatic heterocycles. The Morgan fingerprint density at radius 2 is 1.71 bits per heavy atom. The van der Waals surface area contributed by atoms with Gasteiger partial charge in [-0.25, -0.2) is 0 Å². The van der Waals surface area contributed by atoms with E-state index in [0.29, 0.717) is 30.2 Å². The van der Waals surface area contributed by atoms with Crippen LogP contribution >= 0.6 is 0 Å². The topological polar surface area (TPSA) is 38.8 Å². The van der Waals surface area contributed by atoms with E-state index < -0.39 is 0 Å². The molecule has 0 bridgehead atoms. The maximum absolute atomic E-state index is 12.4. The Bertz CT molecular complexity index is 465. The Kier molecular flexibility index (Phi) is 5.48. The molecule has 2 unspecified atom stereocenters. The zero-order valence-electron chi connectivity index (χ0n) is 13.2. The minimum atomic E-state index is 0.0565. The van der Waals surface area contributed by atoms with Gasteiger partial charge in [-0.3, -0.25) is 4.79 Å². The summed E-state index contributed by atoms with van der Waals surface area (Å²) < 4.78 is 11.2. The molecule has 4 nitrogen and oxygen atoms in total. The average molecular weight is 291 g/mol. The van der Waals surface area contributed by atoms with Gasteiger partial charge in [-0.05, 0) is 52.2 Å². The molecule has 0 saturated carbocycles. The van der Waals surface area contributed by atoms with E-state index in [1.807, 2.05) is 36.1 Å². The number of rotatable bonds is 5. The molecule has 4 heteroatoms. The molecule has 2 atom stereocenters. The quantitative estimate of drug-likeness (QED) is 0.836. The third-order valence-electron chi connectivity index (χ3n) is 3.98. The van der Waals surface area contributed by atoms with Gasteiger partial charge in [0.25, 0.3) is 5.91 Å². The normalized spacial score (nSPS) is 22.0. The first-order chi connectivity index (χ1) is 10.1. The second-order valence-corrected chi connectivity index (χ2v) is 5.60. The molecule has 2 rings (SSSR count). The second-order valence-electron chi connectivity index (χ2n) is 5.60. The van der Waals surface area contributed by atoms with Crippen molar-refractivity contribution in [2.24, 2.45) is 0 Å². The van der Waals surface area contributed by atoms with Crippen LogP contribution in [0.2, 0.25) is 0 Å². The molecule has 0 spiro atoms. The van der Waals surface area contributed by atoms with Crippen LogP contribution in [0.1, 0.15) is 40.0 Å². The van der Waals surface area contributed by atoms with Crippen molar-refractivity contribution in [3.05, 3.63) is 24.3 Å². The van der Waals surface area contributed by atoms with E-state index in [4.69, 9.17) is 9.47 Å². The van der Waals surface area contributed by atoms with Gasteiger partial charge in [0, 0.05) is 12.1 Å². The minimum Gasteiger partial charge on any atom is -0.490 e. The van der Waals surface area contributed by atoms with Crippen LogP contribution in [-0.2, 0) is 4.79 Å². The zero-order valence-corrected chi connectivity index (χ0v) is 13.2. The number of benzene rings is 1. The van der Waals surface area contributed by atoms with Crippen molar-refractivity contribution in [2.45, 2.75) is 52.1 Å². The fourth-order valence-electron chi connectivity index (χ4n) is 2.97. The molecule has 116 valence electrons. The van der Waals surface area contributed by atoms with Crippen molar-refractivity contribution < 1.29 is 14.3 Å². The van der Waals surface area contributed by atoms with Gasteiger partial charge in [-0.1, -0.05) is 12.1 Å².